The van der Waals surface area contributed by atoms with Crippen molar-refractivity contribution < 1.29 is 13.5 Å². The van der Waals surface area contributed by atoms with Crippen LogP contribution in [0.5, 0.6) is 0 Å². The highest BCUT2D eigenvalue weighted by molar-refractivity contribution is 5.24. The summed E-state index contributed by atoms with van der Waals surface area (Å²) in [7, 11) is 0. The van der Waals surface area contributed by atoms with Crippen molar-refractivity contribution in [1.29, 1.82) is 0 Å². The van der Waals surface area contributed by atoms with Crippen molar-refractivity contribution in [3.05, 3.63) is 35.4 Å². The summed E-state index contributed by atoms with van der Waals surface area (Å²) in [6.45, 7) is 4.82. The molecule has 0 spiro atoms. The molecule has 0 bridgehead atoms. The highest BCUT2D eigenvalue weighted by atomic mass is 19.1. The highest BCUT2D eigenvalue weighted by Crippen LogP contribution is 2.31. The number of rotatable bonds is 5. The zero-order valence-corrected chi connectivity index (χ0v) is 11.5. The standard InChI is InChI=1S/C15H21F2NO/c1-3-8-18-15(14-7-4-10(2)19-14)12-9-11(16)5-6-13(12)17/h5-6,9-10,14-15,18H,3-4,7-8H2,1-2H3. The van der Waals surface area contributed by atoms with Gasteiger partial charge in [-0.1, -0.05) is 6.92 Å². The summed E-state index contributed by atoms with van der Waals surface area (Å²) in [4.78, 5) is 0. The topological polar surface area (TPSA) is 21.3 Å². The Bertz CT molecular complexity index is 425. The Hall–Kier alpha value is -1.00. The van der Waals surface area contributed by atoms with E-state index in [1.807, 2.05) is 13.8 Å². The number of ether oxygens (including phenoxy) is 1. The average molecular weight is 269 g/mol. The van der Waals surface area contributed by atoms with Gasteiger partial charge in [0, 0.05) is 5.56 Å². The molecule has 1 aromatic rings. The lowest BCUT2D eigenvalue weighted by atomic mass is 9.98. The predicted molar refractivity (Wildman–Crippen MR) is 71.0 cm³/mol. The lowest BCUT2D eigenvalue weighted by molar-refractivity contribution is 0.0308. The zero-order valence-electron chi connectivity index (χ0n) is 11.5. The first-order valence-corrected chi connectivity index (χ1v) is 6.95. The Balaban J connectivity index is 2.23. The van der Waals surface area contributed by atoms with Crippen LogP contribution in [0.2, 0.25) is 0 Å². The molecule has 1 aromatic carbocycles. The third kappa shape index (κ3) is 3.51. The molecule has 2 rings (SSSR count). The molecule has 1 heterocycles. The minimum atomic E-state index is -0.411. The summed E-state index contributed by atoms with van der Waals surface area (Å²) in [6.07, 6.45) is 2.88. The molecule has 1 fully saturated rings. The first-order chi connectivity index (χ1) is 9.11. The van der Waals surface area contributed by atoms with Crippen LogP contribution >= 0.6 is 0 Å². The van der Waals surface area contributed by atoms with E-state index in [0.717, 1.165) is 31.9 Å². The second-order valence-electron chi connectivity index (χ2n) is 5.16. The fraction of sp³-hybridized carbons (Fsp3) is 0.600. The highest BCUT2D eigenvalue weighted by Gasteiger charge is 2.32. The molecular formula is C15H21F2NO. The number of hydrogen-bond acceptors (Lipinski definition) is 2. The summed E-state index contributed by atoms with van der Waals surface area (Å²) >= 11 is 0. The SMILES string of the molecule is CCCNC(c1cc(F)ccc1F)C1CCC(C)O1. The normalized spacial score (nSPS) is 24.6. The minimum absolute atomic E-state index is 0.0853. The number of nitrogens with one attached hydrogen (secondary N) is 1. The summed E-state index contributed by atoms with van der Waals surface area (Å²) in [5.74, 6) is -0.788. The van der Waals surface area contributed by atoms with Crippen LogP contribution in [-0.4, -0.2) is 18.8 Å². The molecule has 1 aliphatic rings. The molecule has 1 aliphatic heterocycles. The minimum Gasteiger partial charge on any atom is -0.373 e. The van der Waals surface area contributed by atoms with Gasteiger partial charge in [-0.15, -0.1) is 0 Å². The maximum absolute atomic E-state index is 13.9. The van der Waals surface area contributed by atoms with E-state index in [1.165, 1.54) is 12.1 Å². The first kappa shape index (κ1) is 14.4. The van der Waals surface area contributed by atoms with Crippen molar-refractivity contribution in [2.45, 2.75) is 51.4 Å². The van der Waals surface area contributed by atoms with Gasteiger partial charge in [-0.2, -0.15) is 0 Å². The van der Waals surface area contributed by atoms with Crippen LogP contribution in [0.3, 0.4) is 0 Å². The van der Waals surface area contributed by atoms with E-state index in [2.05, 4.69) is 5.32 Å². The second-order valence-corrected chi connectivity index (χ2v) is 5.16. The molecule has 106 valence electrons. The molecular weight excluding hydrogens is 248 g/mol. The third-order valence-electron chi connectivity index (χ3n) is 3.54. The molecule has 0 aromatic heterocycles. The van der Waals surface area contributed by atoms with E-state index in [1.54, 1.807) is 0 Å². The van der Waals surface area contributed by atoms with E-state index >= 15 is 0 Å². The predicted octanol–water partition coefficient (Wildman–Crippen LogP) is 3.57. The van der Waals surface area contributed by atoms with Gasteiger partial charge in [0.05, 0.1) is 18.2 Å². The molecule has 0 saturated carbocycles. The van der Waals surface area contributed by atoms with Gasteiger partial charge >= 0.3 is 0 Å². The van der Waals surface area contributed by atoms with Crippen LogP contribution in [0.15, 0.2) is 18.2 Å². The van der Waals surface area contributed by atoms with Crippen molar-refractivity contribution in [3.63, 3.8) is 0 Å². The number of hydrogen-bond donors (Lipinski definition) is 1. The molecule has 19 heavy (non-hydrogen) atoms. The molecule has 0 amide bonds. The van der Waals surface area contributed by atoms with Gasteiger partial charge in [-0.3, -0.25) is 0 Å². The molecule has 4 heteroatoms. The summed E-state index contributed by atoms with van der Waals surface area (Å²) in [5.41, 5.74) is 0.368. The molecule has 0 aliphatic carbocycles. The van der Waals surface area contributed by atoms with Gasteiger partial charge < -0.3 is 10.1 Å². The van der Waals surface area contributed by atoms with Gasteiger partial charge in [0.2, 0.25) is 0 Å². The summed E-state index contributed by atoms with van der Waals surface area (Å²) in [6, 6.07) is 3.33. The summed E-state index contributed by atoms with van der Waals surface area (Å²) in [5, 5.41) is 3.28. The average Bonchev–Trinajstić information content (AvgIpc) is 2.80. The van der Waals surface area contributed by atoms with Crippen LogP contribution in [-0.2, 0) is 4.74 Å². The Morgan fingerprint density at radius 1 is 1.37 bits per heavy atom. The maximum Gasteiger partial charge on any atom is 0.128 e. The molecule has 3 atom stereocenters. The van der Waals surface area contributed by atoms with E-state index < -0.39 is 5.82 Å². The molecule has 1 saturated heterocycles. The smallest absolute Gasteiger partial charge is 0.128 e. The van der Waals surface area contributed by atoms with Gasteiger partial charge in [0.1, 0.15) is 11.6 Å². The van der Waals surface area contributed by atoms with Crippen LogP contribution < -0.4 is 5.32 Å². The molecule has 2 nitrogen and oxygen atoms in total. The van der Waals surface area contributed by atoms with Crippen molar-refractivity contribution in [2.75, 3.05) is 6.54 Å². The van der Waals surface area contributed by atoms with Crippen molar-refractivity contribution >= 4 is 0 Å². The molecule has 0 radical (unpaired) electrons. The Labute approximate surface area is 113 Å². The zero-order chi connectivity index (χ0) is 13.8. The van der Waals surface area contributed by atoms with Gasteiger partial charge in [-0.05, 0) is 50.9 Å². The Morgan fingerprint density at radius 2 is 2.16 bits per heavy atom. The third-order valence-corrected chi connectivity index (χ3v) is 3.54. The van der Waals surface area contributed by atoms with Gasteiger partial charge in [0.15, 0.2) is 0 Å². The molecule has 1 N–H and O–H groups in total. The van der Waals surface area contributed by atoms with Crippen molar-refractivity contribution in [2.24, 2.45) is 0 Å². The second kappa shape index (κ2) is 6.44. The molecule has 3 unspecified atom stereocenters. The fourth-order valence-corrected chi connectivity index (χ4v) is 2.57. The summed E-state index contributed by atoms with van der Waals surface area (Å²) < 4.78 is 33.1. The monoisotopic (exact) mass is 269 g/mol. The Morgan fingerprint density at radius 3 is 2.79 bits per heavy atom. The van der Waals surface area contributed by atoms with E-state index in [0.29, 0.717) is 5.56 Å². The van der Waals surface area contributed by atoms with Crippen LogP contribution in [0.4, 0.5) is 8.78 Å². The van der Waals surface area contributed by atoms with Gasteiger partial charge in [0.25, 0.3) is 0 Å². The quantitative estimate of drug-likeness (QED) is 0.882. The number of benzene rings is 1. The van der Waals surface area contributed by atoms with Crippen LogP contribution in [0, 0.1) is 11.6 Å². The lowest BCUT2D eigenvalue weighted by Crippen LogP contribution is -2.33. The van der Waals surface area contributed by atoms with E-state index in [9.17, 15) is 8.78 Å². The van der Waals surface area contributed by atoms with Gasteiger partial charge in [-0.25, -0.2) is 8.78 Å². The van der Waals surface area contributed by atoms with Crippen LogP contribution in [0.1, 0.15) is 44.7 Å². The van der Waals surface area contributed by atoms with E-state index in [-0.39, 0.29) is 24.1 Å². The number of halogens is 2. The Kier molecular flexibility index (Phi) is 4.88. The maximum atomic E-state index is 13.9. The van der Waals surface area contributed by atoms with Crippen molar-refractivity contribution in [3.8, 4) is 0 Å². The lowest BCUT2D eigenvalue weighted by Gasteiger charge is -2.25. The van der Waals surface area contributed by atoms with Crippen molar-refractivity contribution in [1.82, 2.24) is 5.32 Å². The van der Waals surface area contributed by atoms with Crippen LogP contribution in [0.25, 0.3) is 0 Å². The largest absolute Gasteiger partial charge is 0.373 e. The first-order valence-electron chi connectivity index (χ1n) is 6.95. The fourth-order valence-electron chi connectivity index (χ4n) is 2.57. The van der Waals surface area contributed by atoms with E-state index in [4.69, 9.17) is 4.74 Å².